The molecule has 0 bridgehead atoms. The van der Waals surface area contributed by atoms with Crippen molar-refractivity contribution in [2.75, 3.05) is 13.2 Å². The molecule has 0 saturated carbocycles. The van der Waals surface area contributed by atoms with E-state index in [4.69, 9.17) is 14.2 Å². The summed E-state index contributed by atoms with van der Waals surface area (Å²) in [6, 6.07) is 0. The lowest BCUT2D eigenvalue weighted by molar-refractivity contribution is -0.167. The molecule has 454 valence electrons. The van der Waals surface area contributed by atoms with Crippen LogP contribution in [0.5, 0.6) is 0 Å². The van der Waals surface area contributed by atoms with Gasteiger partial charge in [0.2, 0.25) is 0 Å². The Labute approximate surface area is 485 Å². The molecule has 0 saturated heterocycles. The van der Waals surface area contributed by atoms with Gasteiger partial charge in [0.1, 0.15) is 13.2 Å². The van der Waals surface area contributed by atoms with Gasteiger partial charge in [-0.1, -0.05) is 338 Å². The first-order valence-corrected chi connectivity index (χ1v) is 34.3. The fourth-order valence-electron chi connectivity index (χ4n) is 10.2. The second-order valence-corrected chi connectivity index (χ2v) is 23.1. The number of hydrogen-bond acceptors (Lipinski definition) is 6. The highest BCUT2D eigenvalue weighted by Crippen LogP contribution is 2.18. The van der Waals surface area contributed by atoms with Crippen molar-refractivity contribution in [3.8, 4) is 0 Å². The van der Waals surface area contributed by atoms with Gasteiger partial charge in [-0.25, -0.2) is 0 Å². The molecule has 0 amide bonds. The van der Waals surface area contributed by atoms with Gasteiger partial charge < -0.3 is 14.2 Å². The Morgan fingerprint density at radius 1 is 0.269 bits per heavy atom. The average Bonchev–Trinajstić information content (AvgIpc) is 3.44. The Morgan fingerprint density at radius 3 is 0.782 bits per heavy atom. The molecule has 6 heteroatoms. The Morgan fingerprint density at radius 2 is 0.500 bits per heavy atom. The summed E-state index contributed by atoms with van der Waals surface area (Å²) < 4.78 is 17.0. The minimum atomic E-state index is -0.790. The number of unbranched alkanes of at least 4 members (excludes halogenated alkanes) is 42. The van der Waals surface area contributed by atoms with Crippen LogP contribution in [0.4, 0.5) is 0 Å². The molecule has 0 aromatic heterocycles. The molecule has 0 spiro atoms. The Hall–Kier alpha value is -2.89. The molecule has 0 rings (SSSR count). The van der Waals surface area contributed by atoms with E-state index in [9.17, 15) is 14.4 Å². The molecule has 0 N–H and O–H groups in total. The quantitative estimate of drug-likeness (QED) is 0.0261. The third kappa shape index (κ3) is 63.9. The van der Waals surface area contributed by atoms with E-state index in [-0.39, 0.29) is 31.1 Å². The van der Waals surface area contributed by atoms with Gasteiger partial charge in [-0.2, -0.15) is 0 Å². The number of hydrogen-bond donors (Lipinski definition) is 0. The van der Waals surface area contributed by atoms with E-state index in [0.717, 1.165) is 96.3 Å². The number of carbonyl (C=O) groups excluding carboxylic acids is 3. The number of rotatable bonds is 63. The van der Waals surface area contributed by atoms with E-state index >= 15 is 0 Å². The van der Waals surface area contributed by atoms with Gasteiger partial charge in [-0.3, -0.25) is 14.4 Å². The summed E-state index contributed by atoms with van der Waals surface area (Å²) in [4.78, 5) is 38.4. The summed E-state index contributed by atoms with van der Waals surface area (Å²) in [7, 11) is 0. The molecule has 1 unspecified atom stereocenters. The molecule has 0 aromatic carbocycles. The number of ether oxygens (including phenoxy) is 3. The van der Waals surface area contributed by atoms with Crippen LogP contribution < -0.4 is 0 Å². The molecular formula is C72H130O6. The van der Waals surface area contributed by atoms with Crippen molar-refractivity contribution in [2.45, 2.75) is 367 Å². The Bertz CT molecular complexity index is 1390. The van der Waals surface area contributed by atoms with Crippen molar-refractivity contribution in [3.05, 3.63) is 60.8 Å². The summed E-state index contributed by atoms with van der Waals surface area (Å²) in [5.41, 5.74) is 0. The molecule has 0 fully saturated rings. The summed E-state index contributed by atoms with van der Waals surface area (Å²) >= 11 is 0. The minimum Gasteiger partial charge on any atom is -0.462 e. The van der Waals surface area contributed by atoms with Gasteiger partial charge in [0.25, 0.3) is 0 Å². The van der Waals surface area contributed by atoms with E-state index in [1.807, 2.05) is 0 Å². The third-order valence-corrected chi connectivity index (χ3v) is 15.3. The lowest BCUT2D eigenvalue weighted by Gasteiger charge is -2.18. The van der Waals surface area contributed by atoms with Crippen LogP contribution >= 0.6 is 0 Å². The van der Waals surface area contributed by atoms with Crippen LogP contribution in [0.1, 0.15) is 361 Å². The second-order valence-electron chi connectivity index (χ2n) is 23.1. The molecular weight excluding hydrogens is 961 g/mol. The van der Waals surface area contributed by atoms with E-state index in [2.05, 4.69) is 81.5 Å². The van der Waals surface area contributed by atoms with Crippen LogP contribution in [0, 0.1) is 0 Å². The predicted molar refractivity (Wildman–Crippen MR) is 339 cm³/mol. The highest BCUT2D eigenvalue weighted by molar-refractivity contribution is 5.71. The summed E-state index contributed by atoms with van der Waals surface area (Å²) in [6.07, 6.45) is 85.3. The first kappa shape index (κ1) is 75.1. The second kappa shape index (κ2) is 66.6. The van der Waals surface area contributed by atoms with E-state index in [0.29, 0.717) is 19.3 Å². The number of carbonyl (C=O) groups is 3. The van der Waals surface area contributed by atoms with E-state index in [1.54, 1.807) is 0 Å². The fourth-order valence-corrected chi connectivity index (χ4v) is 10.2. The monoisotopic (exact) mass is 1090 g/mol. The standard InChI is InChI=1S/C72H130O6/c1-4-7-10-13-16-19-22-25-28-31-33-34-35-36-37-38-40-41-44-47-50-53-56-59-62-65-71(74)77-68-69(67-76-70(73)64-61-58-55-52-49-46-43-30-27-24-21-18-15-12-9-6-3)78-72(75)66-63-60-57-54-51-48-45-42-39-32-29-26-23-20-17-14-11-8-5-2/h8,11,17,20,26,29,39,42,48,51,69H,4-7,9-10,12-16,18-19,21-25,27-28,30-38,40-41,43-47,49-50,52-68H2,1-3H3/b11-8-,20-17-,29-26-,42-39-,51-48-. The average molecular weight is 1090 g/mol. The number of allylic oxidation sites excluding steroid dienone is 10. The van der Waals surface area contributed by atoms with Crippen molar-refractivity contribution in [1.82, 2.24) is 0 Å². The molecule has 0 heterocycles. The largest absolute Gasteiger partial charge is 0.462 e. The molecule has 1 atom stereocenters. The normalized spacial score (nSPS) is 12.4. The van der Waals surface area contributed by atoms with Gasteiger partial charge in [0, 0.05) is 19.3 Å². The molecule has 0 aromatic rings. The maximum absolute atomic E-state index is 12.9. The zero-order valence-electron chi connectivity index (χ0n) is 52.2. The first-order chi connectivity index (χ1) is 38.5. The van der Waals surface area contributed by atoms with Gasteiger partial charge in [-0.15, -0.1) is 0 Å². The van der Waals surface area contributed by atoms with Crippen molar-refractivity contribution >= 4 is 17.9 Å². The zero-order chi connectivity index (χ0) is 56.4. The lowest BCUT2D eigenvalue weighted by Crippen LogP contribution is -2.30. The van der Waals surface area contributed by atoms with Gasteiger partial charge in [0.15, 0.2) is 6.10 Å². The van der Waals surface area contributed by atoms with Gasteiger partial charge in [-0.05, 0) is 64.2 Å². The zero-order valence-corrected chi connectivity index (χ0v) is 52.2. The van der Waals surface area contributed by atoms with Crippen LogP contribution in [-0.2, 0) is 28.6 Å². The topological polar surface area (TPSA) is 78.9 Å². The smallest absolute Gasteiger partial charge is 0.306 e. The van der Waals surface area contributed by atoms with Crippen molar-refractivity contribution < 1.29 is 28.6 Å². The highest BCUT2D eigenvalue weighted by atomic mass is 16.6. The molecule has 0 aliphatic rings. The van der Waals surface area contributed by atoms with E-state index in [1.165, 1.54) is 225 Å². The summed E-state index contributed by atoms with van der Waals surface area (Å²) in [5, 5.41) is 0. The number of esters is 3. The molecule has 6 nitrogen and oxygen atoms in total. The van der Waals surface area contributed by atoms with Crippen LogP contribution in [0.15, 0.2) is 60.8 Å². The molecule has 0 aliphatic carbocycles. The SMILES string of the molecule is CC/C=C\C/C=C\C/C=C\C/C=C\C/C=C\CCCCCC(=O)OC(COC(=O)CCCCCCCCCCCCCCCCCC)COC(=O)CCCCCCCCCCCCCCCCCCCCCCCCCCC. The van der Waals surface area contributed by atoms with Crippen molar-refractivity contribution in [2.24, 2.45) is 0 Å². The predicted octanol–water partition coefficient (Wildman–Crippen LogP) is 23.5. The van der Waals surface area contributed by atoms with Crippen LogP contribution in [0.3, 0.4) is 0 Å². The molecule has 0 aliphatic heterocycles. The maximum Gasteiger partial charge on any atom is 0.306 e. The van der Waals surface area contributed by atoms with Crippen molar-refractivity contribution in [3.63, 3.8) is 0 Å². The third-order valence-electron chi connectivity index (χ3n) is 15.3. The van der Waals surface area contributed by atoms with E-state index < -0.39 is 6.10 Å². The van der Waals surface area contributed by atoms with Crippen molar-refractivity contribution in [1.29, 1.82) is 0 Å². The molecule has 0 radical (unpaired) electrons. The van der Waals surface area contributed by atoms with Crippen LogP contribution in [-0.4, -0.2) is 37.2 Å². The van der Waals surface area contributed by atoms with Crippen LogP contribution in [0.25, 0.3) is 0 Å². The Balaban J connectivity index is 4.32. The minimum absolute atomic E-state index is 0.0829. The summed E-state index contributed by atoms with van der Waals surface area (Å²) in [5.74, 6) is -0.891. The van der Waals surface area contributed by atoms with Gasteiger partial charge >= 0.3 is 17.9 Å². The molecule has 78 heavy (non-hydrogen) atoms. The highest BCUT2D eigenvalue weighted by Gasteiger charge is 2.19. The van der Waals surface area contributed by atoms with Gasteiger partial charge in [0.05, 0.1) is 0 Å². The van der Waals surface area contributed by atoms with Crippen LogP contribution in [0.2, 0.25) is 0 Å². The first-order valence-electron chi connectivity index (χ1n) is 34.3. The summed E-state index contributed by atoms with van der Waals surface area (Å²) in [6.45, 7) is 6.57. The fraction of sp³-hybridized carbons (Fsp3) is 0.819. The Kier molecular flexibility index (Phi) is 64.2. The maximum atomic E-state index is 12.9. The lowest BCUT2D eigenvalue weighted by atomic mass is 10.0.